The van der Waals surface area contributed by atoms with E-state index in [1.807, 2.05) is 30.3 Å². The molecule has 0 aliphatic heterocycles. The number of thioether (sulfide) groups is 1. The van der Waals surface area contributed by atoms with Gasteiger partial charge in [0.05, 0.1) is 12.0 Å². The summed E-state index contributed by atoms with van der Waals surface area (Å²) in [6.45, 7) is 7.93. The number of hydrogen-bond donors (Lipinski definition) is 0. The lowest BCUT2D eigenvalue weighted by atomic mass is 10.2. The molecule has 2 aromatic heterocycles. The molecule has 2 heterocycles. The molecule has 0 N–H and O–H groups in total. The predicted octanol–water partition coefficient (Wildman–Crippen LogP) is 4.42. The SMILES string of the molecule is C=CCn1c(SCc2ccccc2)nc2sc(C(=O)OCC)c(C)c2c1=O. The van der Waals surface area contributed by atoms with E-state index in [-0.39, 0.29) is 5.56 Å². The van der Waals surface area contributed by atoms with Crippen LogP contribution in [0.4, 0.5) is 0 Å². The van der Waals surface area contributed by atoms with Crippen molar-refractivity contribution in [3.8, 4) is 0 Å². The second kappa shape index (κ2) is 8.54. The summed E-state index contributed by atoms with van der Waals surface area (Å²) in [7, 11) is 0. The average molecular weight is 401 g/mol. The highest BCUT2D eigenvalue weighted by atomic mass is 32.2. The molecule has 0 fully saturated rings. The van der Waals surface area contributed by atoms with Crippen molar-refractivity contribution in [2.45, 2.75) is 31.3 Å². The Kier molecular flexibility index (Phi) is 6.13. The molecule has 0 saturated heterocycles. The quantitative estimate of drug-likeness (QED) is 0.254. The molecule has 0 amide bonds. The van der Waals surface area contributed by atoms with Gasteiger partial charge in [0, 0.05) is 12.3 Å². The van der Waals surface area contributed by atoms with Gasteiger partial charge in [-0.2, -0.15) is 0 Å². The Bertz CT molecular complexity index is 1040. The maximum atomic E-state index is 13.1. The normalized spacial score (nSPS) is 10.9. The van der Waals surface area contributed by atoms with E-state index in [4.69, 9.17) is 4.74 Å². The van der Waals surface area contributed by atoms with Crippen LogP contribution in [-0.4, -0.2) is 22.1 Å². The molecule has 0 unspecified atom stereocenters. The molecule has 0 aliphatic rings. The molecule has 1 aromatic carbocycles. The van der Waals surface area contributed by atoms with Gasteiger partial charge in [0.25, 0.3) is 5.56 Å². The predicted molar refractivity (Wildman–Crippen MR) is 111 cm³/mol. The number of ether oxygens (including phenoxy) is 1. The highest BCUT2D eigenvalue weighted by molar-refractivity contribution is 7.98. The van der Waals surface area contributed by atoms with Crippen LogP contribution in [0.5, 0.6) is 0 Å². The molecule has 3 rings (SSSR count). The zero-order chi connectivity index (χ0) is 19.4. The van der Waals surface area contributed by atoms with Crippen LogP contribution in [0.3, 0.4) is 0 Å². The molecule has 0 spiro atoms. The first kappa shape index (κ1) is 19.4. The first-order valence-corrected chi connectivity index (χ1v) is 10.4. The Labute approximate surface area is 165 Å². The molecule has 27 heavy (non-hydrogen) atoms. The zero-order valence-corrected chi connectivity index (χ0v) is 16.9. The fraction of sp³-hybridized carbons (Fsp3) is 0.250. The van der Waals surface area contributed by atoms with Gasteiger partial charge in [-0.1, -0.05) is 48.2 Å². The largest absolute Gasteiger partial charge is 0.462 e. The number of allylic oxidation sites excluding steroid dienone is 1. The molecular formula is C20H20N2O3S2. The fourth-order valence-electron chi connectivity index (χ4n) is 2.71. The number of aromatic nitrogens is 2. The number of aryl methyl sites for hydroxylation is 1. The van der Waals surface area contributed by atoms with E-state index in [1.165, 1.54) is 23.1 Å². The molecule has 0 radical (unpaired) electrons. The van der Waals surface area contributed by atoms with E-state index in [0.29, 0.717) is 44.7 Å². The molecule has 3 aromatic rings. The summed E-state index contributed by atoms with van der Waals surface area (Å²) >= 11 is 2.71. The Balaban J connectivity index is 2.07. The Morgan fingerprint density at radius 1 is 1.37 bits per heavy atom. The maximum absolute atomic E-state index is 13.1. The first-order chi connectivity index (χ1) is 13.1. The minimum Gasteiger partial charge on any atom is -0.462 e. The Morgan fingerprint density at radius 3 is 2.78 bits per heavy atom. The van der Waals surface area contributed by atoms with Crippen LogP contribution in [0.2, 0.25) is 0 Å². The van der Waals surface area contributed by atoms with Crippen LogP contribution in [0, 0.1) is 6.92 Å². The number of nitrogens with zero attached hydrogens (tertiary/aromatic N) is 2. The third-order valence-corrected chi connectivity index (χ3v) is 6.21. The lowest BCUT2D eigenvalue weighted by Gasteiger charge is -2.10. The topological polar surface area (TPSA) is 61.2 Å². The summed E-state index contributed by atoms with van der Waals surface area (Å²) in [4.78, 5) is 31.0. The van der Waals surface area contributed by atoms with Crippen LogP contribution in [0.25, 0.3) is 10.2 Å². The van der Waals surface area contributed by atoms with E-state index >= 15 is 0 Å². The number of carbonyl (C=O) groups is 1. The van der Waals surface area contributed by atoms with Crippen LogP contribution >= 0.6 is 23.1 Å². The highest BCUT2D eigenvalue weighted by Gasteiger charge is 2.22. The third kappa shape index (κ3) is 3.99. The molecule has 7 heteroatoms. The Hall–Kier alpha value is -2.38. The molecule has 0 aliphatic carbocycles. The lowest BCUT2D eigenvalue weighted by molar-refractivity contribution is 0.0531. The standard InChI is InChI=1S/C20H20N2O3S2/c1-4-11-22-18(23)15-13(3)16(19(24)25-5-2)27-17(15)21-20(22)26-12-14-9-7-6-8-10-14/h4,6-10H,1,5,11-12H2,2-3H3. The summed E-state index contributed by atoms with van der Waals surface area (Å²) in [6, 6.07) is 10.0. The lowest BCUT2D eigenvalue weighted by Crippen LogP contribution is -2.22. The van der Waals surface area contributed by atoms with Gasteiger partial charge in [-0.15, -0.1) is 17.9 Å². The summed E-state index contributed by atoms with van der Waals surface area (Å²) < 4.78 is 6.71. The summed E-state index contributed by atoms with van der Waals surface area (Å²) in [6.07, 6.45) is 1.68. The number of rotatable bonds is 7. The van der Waals surface area contributed by atoms with Crippen molar-refractivity contribution in [3.63, 3.8) is 0 Å². The molecular weight excluding hydrogens is 380 g/mol. The van der Waals surface area contributed by atoms with Gasteiger partial charge < -0.3 is 4.74 Å². The van der Waals surface area contributed by atoms with Crippen molar-refractivity contribution in [1.29, 1.82) is 0 Å². The van der Waals surface area contributed by atoms with Crippen LogP contribution in [-0.2, 0) is 17.0 Å². The number of thiophene rings is 1. The van der Waals surface area contributed by atoms with E-state index in [1.54, 1.807) is 24.5 Å². The number of esters is 1. The zero-order valence-electron chi connectivity index (χ0n) is 15.2. The molecule has 0 saturated carbocycles. The van der Waals surface area contributed by atoms with Crippen molar-refractivity contribution < 1.29 is 9.53 Å². The third-order valence-electron chi connectivity index (χ3n) is 4.00. The smallest absolute Gasteiger partial charge is 0.348 e. The van der Waals surface area contributed by atoms with Gasteiger partial charge in [0.15, 0.2) is 5.16 Å². The van der Waals surface area contributed by atoms with E-state index in [0.717, 1.165) is 5.56 Å². The van der Waals surface area contributed by atoms with Gasteiger partial charge in [0.2, 0.25) is 0 Å². The maximum Gasteiger partial charge on any atom is 0.348 e. The molecule has 5 nitrogen and oxygen atoms in total. The summed E-state index contributed by atoms with van der Waals surface area (Å²) in [5.41, 5.74) is 1.62. The van der Waals surface area contributed by atoms with E-state index in [2.05, 4.69) is 11.6 Å². The van der Waals surface area contributed by atoms with Crippen molar-refractivity contribution in [2.75, 3.05) is 6.61 Å². The Morgan fingerprint density at radius 2 is 2.11 bits per heavy atom. The van der Waals surface area contributed by atoms with E-state index < -0.39 is 5.97 Å². The number of hydrogen-bond acceptors (Lipinski definition) is 6. The molecule has 140 valence electrons. The second-order valence-corrected chi connectivity index (χ2v) is 7.77. The second-order valence-electron chi connectivity index (χ2n) is 5.83. The summed E-state index contributed by atoms with van der Waals surface area (Å²) in [5.74, 6) is 0.288. The van der Waals surface area contributed by atoms with Crippen molar-refractivity contribution in [2.24, 2.45) is 0 Å². The van der Waals surface area contributed by atoms with Gasteiger partial charge in [-0.05, 0) is 25.0 Å². The minimum absolute atomic E-state index is 0.153. The molecule has 0 bridgehead atoms. The number of carbonyl (C=O) groups excluding carboxylic acids is 1. The van der Waals surface area contributed by atoms with Gasteiger partial charge >= 0.3 is 5.97 Å². The van der Waals surface area contributed by atoms with Gasteiger partial charge in [0.1, 0.15) is 9.71 Å². The van der Waals surface area contributed by atoms with Gasteiger partial charge in [-0.3, -0.25) is 9.36 Å². The van der Waals surface area contributed by atoms with Crippen LogP contribution in [0.1, 0.15) is 27.7 Å². The fourth-order valence-corrected chi connectivity index (χ4v) is 4.79. The van der Waals surface area contributed by atoms with Crippen molar-refractivity contribution in [1.82, 2.24) is 9.55 Å². The monoisotopic (exact) mass is 400 g/mol. The van der Waals surface area contributed by atoms with E-state index in [9.17, 15) is 9.59 Å². The minimum atomic E-state index is -0.411. The number of fused-ring (bicyclic) bond motifs is 1. The van der Waals surface area contributed by atoms with Crippen molar-refractivity contribution in [3.05, 3.63) is 69.3 Å². The highest BCUT2D eigenvalue weighted by Crippen LogP contribution is 2.30. The van der Waals surface area contributed by atoms with Crippen LogP contribution < -0.4 is 5.56 Å². The average Bonchev–Trinajstić information content (AvgIpc) is 3.00. The first-order valence-electron chi connectivity index (χ1n) is 8.55. The van der Waals surface area contributed by atoms with Gasteiger partial charge in [-0.25, -0.2) is 9.78 Å². The number of benzene rings is 1. The van der Waals surface area contributed by atoms with Crippen molar-refractivity contribution >= 4 is 39.3 Å². The summed E-state index contributed by atoms with van der Waals surface area (Å²) in [5, 5.41) is 1.10. The van der Waals surface area contributed by atoms with Crippen LogP contribution in [0.15, 0.2) is 52.9 Å². The molecule has 0 atom stereocenters.